The molecule has 1 fully saturated rings. The average Bonchev–Trinajstić information content (AvgIpc) is 3.35. The molecule has 2 aromatic rings. The van der Waals surface area contributed by atoms with Crippen LogP contribution in [0.3, 0.4) is 0 Å². The smallest absolute Gasteiger partial charge is 0.255 e. The first kappa shape index (κ1) is 15.0. The van der Waals surface area contributed by atoms with Crippen LogP contribution < -0.4 is 16.2 Å². The SMILES string of the molecule is Cn1ccc(C(=O)Nc2cccc(NC(=O)C3CC3)c2)cc1=O. The van der Waals surface area contributed by atoms with Gasteiger partial charge in [0.25, 0.3) is 11.5 Å². The number of carbonyl (C=O) groups excluding carboxylic acids is 2. The van der Waals surface area contributed by atoms with Gasteiger partial charge in [0.2, 0.25) is 5.91 Å². The van der Waals surface area contributed by atoms with Gasteiger partial charge >= 0.3 is 0 Å². The Hall–Kier alpha value is -2.89. The molecule has 118 valence electrons. The van der Waals surface area contributed by atoms with Gasteiger partial charge in [-0.2, -0.15) is 0 Å². The molecule has 23 heavy (non-hydrogen) atoms. The van der Waals surface area contributed by atoms with Gasteiger partial charge in [0.15, 0.2) is 0 Å². The summed E-state index contributed by atoms with van der Waals surface area (Å²) in [5.41, 5.74) is 1.25. The van der Waals surface area contributed by atoms with E-state index >= 15 is 0 Å². The van der Waals surface area contributed by atoms with E-state index in [1.54, 1.807) is 43.6 Å². The standard InChI is InChI=1S/C17H17N3O3/c1-20-8-7-12(9-15(20)21)17(23)19-14-4-2-3-13(10-14)18-16(22)11-5-6-11/h2-4,7-11H,5-6H2,1H3,(H,18,22)(H,19,23). The quantitative estimate of drug-likeness (QED) is 0.906. The molecule has 1 aliphatic carbocycles. The summed E-state index contributed by atoms with van der Waals surface area (Å²) >= 11 is 0. The van der Waals surface area contributed by atoms with Gasteiger partial charge in [-0.05, 0) is 37.1 Å². The van der Waals surface area contributed by atoms with Gasteiger partial charge in [0.05, 0.1) is 0 Å². The summed E-state index contributed by atoms with van der Waals surface area (Å²) in [5.74, 6) is -0.234. The van der Waals surface area contributed by atoms with Gasteiger partial charge in [0, 0.05) is 42.2 Å². The monoisotopic (exact) mass is 311 g/mol. The Kier molecular flexibility index (Phi) is 3.97. The Bertz CT molecular complexity index is 822. The molecule has 6 nitrogen and oxygen atoms in total. The molecule has 1 heterocycles. The summed E-state index contributed by atoms with van der Waals surface area (Å²) in [6.07, 6.45) is 3.42. The van der Waals surface area contributed by atoms with E-state index in [0.29, 0.717) is 16.9 Å². The van der Waals surface area contributed by atoms with Crippen molar-refractivity contribution >= 4 is 23.2 Å². The minimum Gasteiger partial charge on any atom is -0.326 e. The Morgan fingerprint density at radius 1 is 1.09 bits per heavy atom. The number of anilines is 2. The zero-order chi connectivity index (χ0) is 16.4. The summed E-state index contributed by atoms with van der Waals surface area (Å²) < 4.78 is 1.39. The Morgan fingerprint density at radius 3 is 2.43 bits per heavy atom. The van der Waals surface area contributed by atoms with E-state index in [-0.39, 0.29) is 23.3 Å². The molecule has 0 unspecified atom stereocenters. The van der Waals surface area contributed by atoms with Crippen LogP contribution in [-0.2, 0) is 11.8 Å². The maximum absolute atomic E-state index is 12.2. The van der Waals surface area contributed by atoms with Gasteiger partial charge in [0.1, 0.15) is 0 Å². The van der Waals surface area contributed by atoms with Crippen LogP contribution in [0.15, 0.2) is 47.4 Å². The number of aryl methyl sites for hydroxylation is 1. The topological polar surface area (TPSA) is 80.2 Å². The number of rotatable bonds is 4. The van der Waals surface area contributed by atoms with E-state index in [9.17, 15) is 14.4 Å². The predicted octanol–water partition coefficient (Wildman–Crippen LogP) is 1.99. The highest BCUT2D eigenvalue weighted by molar-refractivity contribution is 6.04. The fraction of sp³-hybridized carbons (Fsp3) is 0.235. The first-order chi connectivity index (χ1) is 11.0. The first-order valence-electron chi connectivity index (χ1n) is 7.42. The fourth-order valence-corrected chi connectivity index (χ4v) is 2.16. The number of hydrogen-bond acceptors (Lipinski definition) is 3. The minimum absolute atomic E-state index is 0.0139. The molecule has 1 aromatic heterocycles. The molecule has 2 N–H and O–H groups in total. The predicted molar refractivity (Wildman–Crippen MR) is 87.4 cm³/mol. The van der Waals surface area contributed by atoms with Crippen molar-refractivity contribution in [2.75, 3.05) is 10.6 Å². The molecule has 0 bridgehead atoms. The lowest BCUT2D eigenvalue weighted by Crippen LogP contribution is -2.20. The van der Waals surface area contributed by atoms with E-state index < -0.39 is 0 Å². The first-order valence-corrected chi connectivity index (χ1v) is 7.42. The number of aromatic nitrogens is 1. The molecular weight excluding hydrogens is 294 g/mol. The third-order valence-electron chi connectivity index (χ3n) is 3.70. The van der Waals surface area contributed by atoms with Gasteiger partial charge in [-0.3, -0.25) is 14.4 Å². The summed E-state index contributed by atoms with van der Waals surface area (Å²) in [6, 6.07) is 9.81. The fourth-order valence-electron chi connectivity index (χ4n) is 2.16. The normalized spacial score (nSPS) is 13.4. The second-order valence-corrected chi connectivity index (χ2v) is 5.66. The third kappa shape index (κ3) is 3.66. The van der Waals surface area contributed by atoms with Crippen molar-refractivity contribution in [1.29, 1.82) is 0 Å². The van der Waals surface area contributed by atoms with Crippen molar-refractivity contribution in [2.24, 2.45) is 13.0 Å². The average molecular weight is 311 g/mol. The number of pyridine rings is 1. The van der Waals surface area contributed by atoms with Crippen LogP contribution in [0.5, 0.6) is 0 Å². The highest BCUT2D eigenvalue weighted by Gasteiger charge is 2.29. The molecule has 0 aliphatic heterocycles. The van der Waals surface area contributed by atoms with Crippen LogP contribution in [0, 0.1) is 5.92 Å². The Balaban J connectivity index is 1.71. The molecule has 0 saturated heterocycles. The molecule has 2 amide bonds. The summed E-state index contributed by atoms with van der Waals surface area (Å²) in [6.45, 7) is 0. The molecule has 3 rings (SSSR count). The summed E-state index contributed by atoms with van der Waals surface area (Å²) in [7, 11) is 1.62. The molecule has 1 saturated carbocycles. The summed E-state index contributed by atoms with van der Waals surface area (Å²) in [4.78, 5) is 35.5. The number of amides is 2. The van der Waals surface area contributed by atoms with Crippen LogP contribution in [0.4, 0.5) is 11.4 Å². The largest absolute Gasteiger partial charge is 0.326 e. The van der Waals surface area contributed by atoms with Crippen LogP contribution in [-0.4, -0.2) is 16.4 Å². The van der Waals surface area contributed by atoms with Gasteiger partial charge < -0.3 is 15.2 Å². The van der Waals surface area contributed by atoms with Crippen molar-refractivity contribution in [3.63, 3.8) is 0 Å². The minimum atomic E-state index is -0.367. The maximum Gasteiger partial charge on any atom is 0.255 e. The lowest BCUT2D eigenvalue weighted by molar-refractivity contribution is -0.117. The Labute approximate surface area is 133 Å². The summed E-state index contributed by atoms with van der Waals surface area (Å²) in [5, 5.41) is 5.56. The zero-order valence-electron chi connectivity index (χ0n) is 12.7. The number of carbonyl (C=O) groups is 2. The van der Waals surface area contributed by atoms with Crippen LogP contribution in [0.2, 0.25) is 0 Å². The van der Waals surface area contributed by atoms with E-state index in [4.69, 9.17) is 0 Å². The molecule has 1 aromatic carbocycles. The zero-order valence-corrected chi connectivity index (χ0v) is 12.7. The van der Waals surface area contributed by atoms with E-state index in [2.05, 4.69) is 10.6 Å². The third-order valence-corrected chi connectivity index (χ3v) is 3.70. The van der Waals surface area contributed by atoms with Crippen molar-refractivity contribution in [2.45, 2.75) is 12.8 Å². The van der Waals surface area contributed by atoms with Crippen LogP contribution in [0.25, 0.3) is 0 Å². The van der Waals surface area contributed by atoms with Crippen LogP contribution in [0.1, 0.15) is 23.2 Å². The van der Waals surface area contributed by atoms with Gasteiger partial charge in [-0.1, -0.05) is 6.07 Å². The number of hydrogen-bond donors (Lipinski definition) is 2. The van der Waals surface area contributed by atoms with E-state index in [1.807, 2.05) is 0 Å². The lowest BCUT2D eigenvalue weighted by atomic mass is 10.2. The molecule has 1 aliphatic rings. The second kappa shape index (κ2) is 6.08. The van der Waals surface area contributed by atoms with E-state index in [1.165, 1.54) is 10.6 Å². The molecule has 0 spiro atoms. The van der Waals surface area contributed by atoms with Crippen molar-refractivity contribution < 1.29 is 9.59 Å². The molecule has 0 radical (unpaired) electrons. The van der Waals surface area contributed by atoms with E-state index in [0.717, 1.165) is 12.8 Å². The van der Waals surface area contributed by atoms with Crippen molar-refractivity contribution in [3.8, 4) is 0 Å². The highest BCUT2D eigenvalue weighted by Crippen LogP contribution is 2.30. The Morgan fingerprint density at radius 2 is 1.78 bits per heavy atom. The lowest BCUT2D eigenvalue weighted by Gasteiger charge is -2.09. The number of benzene rings is 1. The van der Waals surface area contributed by atoms with Gasteiger partial charge in [-0.15, -0.1) is 0 Å². The number of nitrogens with zero attached hydrogens (tertiary/aromatic N) is 1. The van der Waals surface area contributed by atoms with Crippen molar-refractivity contribution in [3.05, 3.63) is 58.5 Å². The highest BCUT2D eigenvalue weighted by atomic mass is 16.2. The van der Waals surface area contributed by atoms with Gasteiger partial charge in [-0.25, -0.2) is 0 Å². The molecular formula is C17H17N3O3. The molecule has 6 heteroatoms. The van der Waals surface area contributed by atoms with Crippen molar-refractivity contribution in [1.82, 2.24) is 4.57 Å². The number of nitrogens with one attached hydrogen (secondary N) is 2. The molecule has 0 atom stereocenters. The van der Waals surface area contributed by atoms with Crippen LogP contribution >= 0.6 is 0 Å². The maximum atomic E-state index is 12.2. The second-order valence-electron chi connectivity index (χ2n) is 5.66.